The van der Waals surface area contributed by atoms with Gasteiger partial charge in [-0.15, -0.1) is 0 Å². The van der Waals surface area contributed by atoms with Crippen molar-refractivity contribution in [3.05, 3.63) is 53.0 Å². The number of hydrogen-bond donors (Lipinski definition) is 0. The number of halogens is 1. The molecule has 4 nitrogen and oxygen atoms in total. The van der Waals surface area contributed by atoms with Gasteiger partial charge in [-0.3, -0.25) is 0 Å². The molecule has 0 saturated carbocycles. The number of carbonyl (C=O) groups is 1. The summed E-state index contributed by atoms with van der Waals surface area (Å²) >= 11 is 5.78. The molecule has 3 rings (SSSR count). The summed E-state index contributed by atoms with van der Waals surface area (Å²) in [6.45, 7) is 1.45. The van der Waals surface area contributed by atoms with Gasteiger partial charge in [-0.2, -0.15) is 0 Å². The molecule has 1 unspecified atom stereocenters. The van der Waals surface area contributed by atoms with E-state index in [1.54, 1.807) is 18.3 Å². The van der Waals surface area contributed by atoms with Crippen LogP contribution in [0.4, 0.5) is 0 Å². The second-order valence-electron chi connectivity index (χ2n) is 4.57. The van der Waals surface area contributed by atoms with E-state index in [-0.39, 0.29) is 12.1 Å². The van der Waals surface area contributed by atoms with Gasteiger partial charge in [-0.05, 0) is 11.6 Å². The first kappa shape index (κ1) is 12.2. The maximum absolute atomic E-state index is 11.4. The van der Waals surface area contributed by atoms with E-state index in [1.807, 2.05) is 6.07 Å². The van der Waals surface area contributed by atoms with Crippen LogP contribution in [0.2, 0.25) is 5.15 Å². The second kappa shape index (κ2) is 5.05. The van der Waals surface area contributed by atoms with Crippen molar-refractivity contribution in [1.82, 2.24) is 9.88 Å². The molecular formula is C14H13ClN2O2. The van der Waals surface area contributed by atoms with E-state index in [0.717, 1.165) is 24.2 Å². The van der Waals surface area contributed by atoms with Gasteiger partial charge in [-0.25, -0.2) is 9.78 Å². The molecule has 1 aromatic heterocycles. The number of hydrogen-bond acceptors (Lipinski definition) is 4. The molecule has 0 N–H and O–H groups in total. The molecule has 1 atom stereocenters. The Labute approximate surface area is 116 Å². The standard InChI is InChI=1S/C14H13ClN2O2/c15-13-5-4-10(8-16-13)9-17-6-2-1-3-12-11(17)7-14(18)19-12/h1-2,4-5,7-8,12H,3,6,9H2. The smallest absolute Gasteiger partial charge is 0.333 e. The van der Waals surface area contributed by atoms with Gasteiger partial charge in [0.15, 0.2) is 0 Å². The molecule has 0 amide bonds. The third kappa shape index (κ3) is 2.63. The SMILES string of the molecule is O=C1C=C2C(CC=CCN2Cc2ccc(Cl)nc2)O1. The maximum Gasteiger partial charge on any atom is 0.333 e. The van der Waals surface area contributed by atoms with Crippen molar-refractivity contribution < 1.29 is 9.53 Å². The monoisotopic (exact) mass is 276 g/mol. The average Bonchev–Trinajstić information content (AvgIpc) is 2.67. The van der Waals surface area contributed by atoms with Gasteiger partial charge in [0.05, 0.1) is 5.70 Å². The Morgan fingerprint density at radius 1 is 1.42 bits per heavy atom. The Morgan fingerprint density at radius 3 is 3.11 bits per heavy atom. The molecule has 0 spiro atoms. The highest BCUT2D eigenvalue weighted by Crippen LogP contribution is 2.26. The number of esters is 1. The zero-order chi connectivity index (χ0) is 13.2. The van der Waals surface area contributed by atoms with Crippen molar-refractivity contribution in [1.29, 1.82) is 0 Å². The predicted molar refractivity (Wildman–Crippen MR) is 71.4 cm³/mol. The summed E-state index contributed by atoms with van der Waals surface area (Å²) in [4.78, 5) is 17.6. The quantitative estimate of drug-likeness (QED) is 0.472. The van der Waals surface area contributed by atoms with Crippen molar-refractivity contribution in [2.24, 2.45) is 0 Å². The van der Waals surface area contributed by atoms with Crippen molar-refractivity contribution in [3.63, 3.8) is 0 Å². The van der Waals surface area contributed by atoms with E-state index in [1.165, 1.54) is 0 Å². The van der Waals surface area contributed by atoms with Crippen LogP contribution in [0.1, 0.15) is 12.0 Å². The fourth-order valence-electron chi connectivity index (χ4n) is 2.32. The third-order valence-corrected chi connectivity index (χ3v) is 3.45. The first-order valence-corrected chi connectivity index (χ1v) is 6.53. The van der Waals surface area contributed by atoms with Crippen molar-refractivity contribution >= 4 is 17.6 Å². The van der Waals surface area contributed by atoms with Gasteiger partial charge >= 0.3 is 5.97 Å². The molecule has 1 aromatic rings. The van der Waals surface area contributed by atoms with Crippen LogP contribution in [0.25, 0.3) is 0 Å². The molecule has 5 heteroatoms. The zero-order valence-electron chi connectivity index (χ0n) is 10.3. The number of ether oxygens (including phenoxy) is 1. The Balaban J connectivity index is 1.82. The van der Waals surface area contributed by atoms with Crippen LogP contribution in [-0.2, 0) is 16.1 Å². The first-order chi connectivity index (χ1) is 9.22. The summed E-state index contributed by atoms with van der Waals surface area (Å²) in [6, 6.07) is 3.71. The van der Waals surface area contributed by atoms with Crippen LogP contribution in [0.3, 0.4) is 0 Å². The molecule has 0 radical (unpaired) electrons. The van der Waals surface area contributed by atoms with Crippen LogP contribution < -0.4 is 0 Å². The summed E-state index contributed by atoms with van der Waals surface area (Å²) in [6.07, 6.45) is 8.08. The third-order valence-electron chi connectivity index (χ3n) is 3.22. The number of pyridine rings is 1. The lowest BCUT2D eigenvalue weighted by molar-refractivity contribution is -0.138. The fraction of sp³-hybridized carbons (Fsp3) is 0.286. The minimum Gasteiger partial charge on any atom is -0.452 e. The molecule has 0 aliphatic carbocycles. The van der Waals surface area contributed by atoms with E-state index in [2.05, 4.69) is 22.0 Å². The van der Waals surface area contributed by atoms with E-state index in [9.17, 15) is 4.79 Å². The molecular weight excluding hydrogens is 264 g/mol. The lowest BCUT2D eigenvalue weighted by Gasteiger charge is -2.25. The van der Waals surface area contributed by atoms with Gasteiger partial charge < -0.3 is 9.64 Å². The number of nitrogens with zero attached hydrogens (tertiary/aromatic N) is 2. The van der Waals surface area contributed by atoms with Gasteiger partial charge in [0.1, 0.15) is 11.3 Å². The highest BCUT2D eigenvalue weighted by Gasteiger charge is 2.30. The van der Waals surface area contributed by atoms with E-state index < -0.39 is 0 Å². The van der Waals surface area contributed by atoms with Gasteiger partial charge in [0.2, 0.25) is 0 Å². The van der Waals surface area contributed by atoms with E-state index >= 15 is 0 Å². The van der Waals surface area contributed by atoms with Crippen LogP contribution in [0.5, 0.6) is 0 Å². The van der Waals surface area contributed by atoms with Crippen molar-refractivity contribution in [2.45, 2.75) is 19.1 Å². The van der Waals surface area contributed by atoms with Crippen LogP contribution in [0, 0.1) is 0 Å². The topological polar surface area (TPSA) is 42.4 Å². The Kier molecular flexibility index (Phi) is 3.25. The number of carbonyl (C=O) groups excluding carboxylic acids is 1. The number of fused-ring (bicyclic) bond motifs is 1. The summed E-state index contributed by atoms with van der Waals surface area (Å²) < 4.78 is 5.27. The van der Waals surface area contributed by atoms with E-state index in [0.29, 0.717) is 11.7 Å². The largest absolute Gasteiger partial charge is 0.452 e. The highest BCUT2D eigenvalue weighted by molar-refractivity contribution is 6.29. The Morgan fingerprint density at radius 2 is 2.32 bits per heavy atom. The van der Waals surface area contributed by atoms with E-state index in [4.69, 9.17) is 16.3 Å². The Bertz CT molecular complexity index is 551. The summed E-state index contributed by atoms with van der Waals surface area (Å²) in [7, 11) is 0. The van der Waals surface area contributed by atoms with Crippen LogP contribution in [0.15, 0.2) is 42.3 Å². The van der Waals surface area contributed by atoms with Crippen molar-refractivity contribution in [2.75, 3.05) is 6.54 Å². The fourth-order valence-corrected chi connectivity index (χ4v) is 2.43. The highest BCUT2D eigenvalue weighted by atomic mass is 35.5. The summed E-state index contributed by atoms with van der Waals surface area (Å²) in [5, 5.41) is 0.482. The summed E-state index contributed by atoms with van der Waals surface area (Å²) in [5.74, 6) is -0.255. The first-order valence-electron chi connectivity index (χ1n) is 6.15. The molecule has 19 heavy (non-hydrogen) atoms. The van der Waals surface area contributed by atoms with Crippen molar-refractivity contribution in [3.8, 4) is 0 Å². The number of rotatable bonds is 2. The van der Waals surface area contributed by atoms with Gasteiger partial charge in [0, 0.05) is 31.8 Å². The molecule has 0 fully saturated rings. The van der Waals surface area contributed by atoms with Gasteiger partial charge in [0.25, 0.3) is 0 Å². The molecule has 0 bridgehead atoms. The number of aromatic nitrogens is 1. The molecule has 0 saturated heterocycles. The zero-order valence-corrected chi connectivity index (χ0v) is 11.0. The molecule has 3 heterocycles. The van der Waals surface area contributed by atoms with Crippen LogP contribution >= 0.6 is 11.6 Å². The lowest BCUT2D eigenvalue weighted by Crippen LogP contribution is -2.27. The van der Waals surface area contributed by atoms with Gasteiger partial charge in [-0.1, -0.05) is 29.8 Å². The molecule has 2 aliphatic heterocycles. The maximum atomic E-state index is 11.4. The second-order valence-corrected chi connectivity index (χ2v) is 4.96. The average molecular weight is 277 g/mol. The van der Waals surface area contributed by atoms with Crippen LogP contribution in [-0.4, -0.2) is 28.5 Å². The molecule has 98 valence electrons. The normalized spacial score (nSPS) is 21.7. The summed E-state index contributed by atoms with van der Waals surface area (Å²) in [5.41, 5.74) is 2.00. The lowest BCUT2D eigenvalue weighted by atomic mass is 10.2. The Hall–Kier alpha value is -1.81. The predicted octanol–water partition coefficient (Wildman–Crippen LogP) is 2.31. The minimum atomic E-state index is -0.255. The molecule has 0 aromatic carbocycles. The minimum absolute atomic E-state index is 0.147. The molecule has 2 aliphatic rings.